The van der Waals surface area contributed by atoms with Crippen molar-refractivity contribution in [2.45, 2.75) is 45.8 Å². The van der Waals surface area contributed by atoms with E-state index >= 15 is 0 Å². The van der Waals surface area contributed by atoms with E-state index < -0.39 is 11.6 Å². The van der Waals surface area contributed by atoms with Gasteiger partial charge in [-0.3, -0.25) is 4.79 Å². The fraction of sp³-hybridized carbons (Fsp3) is 0.900. The second-order valence-electron chi connectivity index (χ2n) is 4.83. The number of halogens is 3. The van der Waals surface area contributed by atoms with Crippen molar-refractivity contribution in [2.75, 3.05) is 0 Å². The quantitative estimate of drug-likeness (QED) is 0.765. The van der Waals surface area contributed by atoms with Gasteiger partial charge in [-0.1, -0.05) is 20.8 Å². The van der Waals surface area contributed by atoms with Gasteiger partial charge in [0.15, 0.2) is 0 Å². The van der Waals surface area contributed by atoms with Gasteiger partial charge in [0.25, 0.3) is 0 Å². The lowest BCUT2D eigenvalue weighted by Crippen LogP contribution is -2.56. The number of hydrogen-bond acceptors (Lipinski definition) is 1. The molecule has 5 heteroatoms. The maximum absolute atomic E-state index is 12.4. The Morgan fingerprint density at radius 1 is 1.40 bits per heavy atom. The van der Waals surface area contributed by atoms with Gasteiger partial charge < -0.3 is 5.32 Å². The Bertz CT molecular complexity index is 254. The van der Waals surface area contributed by atoms with Crippen molar-refractivity contribution in [1.82, 2.24) is 5.32 Å². The van der Waals surface area contributed by atoms with Gasteiger partial charge in [-0.05, 0) is 12.8 Å². The van der Waals surface area contributed by atoms with Crippen LogP contribution < -0.4 is 5.32 Å². The number of hydrogen-bond donors (Lipinski definition) is 1. The molecule has 1 fully saturated rings. The van der Waals surface area contributed by atoms with E-state index in [9.17, 15) is 18.0 Å². The Kier molecular flexibility index (Phi) is 3.03. The van der Waals surface area contributed by atoms with Crippen LogP contribution in [0.2, 0.25) is 0 Å². The van der Waals surface area contributed by atoms with Crippen LogP contribution >= 0.6 is 0 Å². The third kappa shape index (κ3) is 2.44. The van der Waals surface area contributed by atoms with E-state index in [1.165, 1.54) is 6.92 Å². The van der Waals surface area contributed by atoms with Gasteiger partial charge in [0.05, 0.1) is 5.41 Å². The molecule has 88 valence electrons. The number of carbonyl (C=O) groups is 1. The number of amides is 1. The fourth-order valence-electron chi connectivity index (χ4n) is 1.73. The molecule has 1 rings (SSSR count). The average Bonchev–Trinajstić information content (AvgIpc) is 1.98. The molecule has 0 bridgehead atoms. The molecule has 1 aliphatic carbocycles. The molecule has 0 heterocycles. The second kappa shape index (κ2) is 3.68. The normalized spacial score (nSPS) is 31.3. The van der Waals surface area contributed by atoms with Gasteiger partial charge in [-0.2, -0.15) is 13.2 Å². The third-order valence-electron chi connectivity index (χ3n) is 2.95. The summed E-state index contributed by atoms with van der Waals surface area (Å²) in [5, 5.41) is 2.60. The highest BCUT2D eigenvalue weighted by Crippen LogP contribution is 2.52. The number of rotatable bonds is 2. The van der Waals surface area contributed by atoms with Gasteiger partial charge >= 0.3 is 6.18 Å². The van der Waals surface area contributed by atoms with Crippen LogP contribution in [0.4, 0.5) is 13.2 Å². The zero-order valence-corrected chi connectivity index (χ0v) is 9.11. The van der Waals surface area contributed by atoms with Gasteiger partial charge in [0.2, 0.25) is 5.91 Å². The molecule has 0 radical (unpaired) electrons. The summed E-state index contributed by atoms with van der Waals surface area (Å²) in [5.74, 6) is -0.355. The molecule has 2 nitrogen and oxygen atoms in total. The average molecular weight is 223 g/mol. The summed E-state index contributed by atoms with van der Waals surface area (Å²) in [6.45, 7) is 4.64. The fourth-order valence-corrected chi connectivity index (χ4v) is 1.73. The highest BCUT2D eigenvalue weighted by molar-refractivity contribution is 5.78. The topological polar surface area (TPSA) is 29.1 Å². The van der Waals surface area contributed by atoms with E-state index in [-0.39, 0.29) is 30.7 Å². The standard InChI is InChI=1S/C10H16F3NO/c1-6(2)8(15)14-7-4-9(3,5-7)10(11,12)13/h6-7H,4-5H2,1-3H3,(H,14,15). The maximum atomic E-state index is 12.4. The molecule has 0 aliphatic heterocycles. The summed E-state index contributed by atoms with van der Waals surface area (Å²) < 4.78 is 37.3. The highest BCUT2D eigenvalue weighted by atomic mass is 19.4. The molecular formula is C10H16F3NO. The minimum absolute atomic E-state index is 0.00500. The van der Waals surface area contributed by atoms with Crippen molar-refractivity contribution in [1.29, 1.82) is 0 Å². The van der Waals surface area contributed by atoms with Crippen molar-refractivity contribution in [3.63, 3.8) is 0 Å². The summed E-state index contributed by atoms with van der Waals surface area (Å²) in [6, 6.07) is -0.313. The number of carbonyl (C=O) groups excluding carboxylic acids is 1. The lowest BCUT2D eigenvalue weighted by Gasteiger charge is -2.46. The first-order chi connectivity index (χ1) is 6.66. The van der Waals surface area contributed by atoms with E-state index in [0.717, 1.165) is 0 Å². The van der Waals surface area contributed by atoms with Crippen LogP contribution in [0, 0.1) is 11.3 Å². The summed E-state index contributed by atoms with van der Waals surface area (Å²) in [7, 11) is 0. The minimum Gasteiger partial charge on any atom is -0.353 e. The van der Waals surface area contributed by atoms with Crippen LogP contribution in [0.1, 0.15) is 33.6 Å². The third-order valence-corrected chi connectivity index (χ3v) is 2.95. The molecule has 0 saturated heterocycles. The number of nitrogens with one attached hydrogen (secondary N) is 1. The molecule has 1 saturated carbocycles. The summed E-state index contributed by atoms with van der Waals surface area (Å²) in [6.07, 6.45) is -4.17. The van der Waals surface area contributed by atoms with Gasteiger partial charge in [-0.15, -0.1) is 0 Å². The van der Waals surface area contributed by atoms with E-state index in [1.54, 1.807) is 13.8 Å². The number of alkyl halides is 3. The molecule has 1 aliphatic rings. The maximum Gasteiger partial charge on any atom is 0.394 e. The van der Waals surface area contributed by atoms with Crippen molar-refractivity contribution >= 4 is 5.91 Å². The lowest BCUT2D eigenvalue weighted by molar-refractivity contribution is -0.249. The van der Waals surface area contributed by atoms with Crippen LogP contribution in [0.3, 0.4) is 0 Å². The Labute approximate surface area is 87.2 Å². The van der Waals surface area contributed by atoms with Crippen molar-refractivity contribution in [3.8, 4) is 0 Å². The molecule has 0 atom stereocenters. The molecule has 0 unspecified atom stereocenters. The van der Waals surface area contributed by atoms with E-state index in [2.05, 4.69) is 5.32 Å². The summed E-state index contributed by atoms with van der Waals surface area (Å²) in [4.78, 5) is 11.2. The first-order valence-corrected chi connectivity index (χ1v) is 5.03. The molecule has 15 heavy (non-hydrogen) atoms. The molecular weight excluding hydrogens is 207 g/mol. The van der Waals surface area contributed by atoms with Gasteiger partial charge in [0.1, 0.15) is 0 Å². The molecule has 0 aromatic rings. The minimum atomic E-state index is -4.16. The van der Waals surface area contributed by atoms with Crippen LogP contribution in [-0.4, -0.2) is 18.1 Å². The van der Waals surface area contributed by atoms with Gasteiger partial charge in [0, 0.05) is 12.0 Å². The Morgan fingerprint density at radius 3 is 2.20 bits per heavy atom. The van der Waals surface area contributed by atoms with Crippen LogP contribution in [0.15, 0.2) is 0 Å². The first-order valence-electron chi connectivity index (χ1n) is 5.03. The molecule has 0 aromatic heterocycles. The van der Waals surface area contributed by atoms with E-state index in [0.29, 0.717) is 0 Å². The summed E-state index contributed by atoms with van der Waals surface area (Å²) in [5.41, 5.74) is -1.61. The monoisotopic (exact) mass is 223 g/mol. The van der Waals surface area contributed by atoms with Crippen molar-refractivity contribution < 1.29 is 18.0 Å². The summed E-state index contributed by atoms with van der Waals surface area (Å²) >= 11 is 0. The molecule has 1 N–H and O–H groups in total. The zero-order chi connectivity index (χ0) is 11.9. The van der Waals surface area contributed by atoms with Crippen LogP contribution in [-0.2, 0) is 4.79 Å². The molecule has 1 amide bonds. The predicted octanol–water partition coefficient (Wildman–Crippen LogP) is 2.49. The SMILES string of the molecule is CC(C)C(=O)NC1CC(C)(C(F)(F)F)C1. The molecule has 0 spiro atoms. The first kappa shape index (κ1) is 12.3. The largest absolute Gasteiger partial charge is 0.394 e. The lowest BCUT2D eigenvalue weighted by atomic mass is 9.66. The predicted molar refractivity (Wildman–Crippen MR) is 50.2 cm³/mol. The van der Waals surface area contributed by atoms with Crippen molar-refractivity contribution in [2.24, 2.45) is 11.3 Å². The Hall–Kier alpha value is -0.740. The van der Waals surface area contributed by atoms with Crippen LogP contribution in [0.5, 0.6) is 0 Å². The van der Waals surface area contributed by atoms with E-state index in [4.69, 9.17) is 0 Å². The second-order valence-corrected chi connectivity index (χ2v) is 4.83. The Morgan fingerprint density at radius 2 is 1.87 bits per heavy atom. The highest BCUT2D eigenvalue weighted by Gasteiger charge is 2.58. The Balaban J connectivity index is 2.41. The molecule has 0 aromatic carbocycles. The smallest absolute Gasteiger partial charge is 0.353 e. The van der Waals surface area contributed by atoms with E-state index in [1.807, 2.05) is 0 Å². The zero-order valence-electron chi connectivity index (χ0n) is 9.11. The van der Waals surface area contributed by atoms with Crippen molar-refractivity contribution in [3.05, 3.63) is 0 Å². The van der Waals surface area contributed by atoms with Crippen LogP contribution in [0.25, 0.3) is 0 Å². The van der Waals surface area contributed by atoms with Gasteiger partial charge in [-0.25, -0.2) is 0 Å².